The van der Waals surface area contributed by atoms with Crippen molar-refractivity contribution in [3.63, 3.8) is 0 Å². The van der Waals surface area contributed by atoms with Gasteiger partial charge in [-0.15, -0.1) is 11.6 Å². The minimum Gasteiger partial charge on any atom is -0.375 e. The molecule has 0 fully saturated rings. The van der Waals surface area contributed by atoms with E-state index in [9.17, 15) is 13.6 Å². The first kappa shape index (κ1) is 16.9. The highest BCUT2D eigenvalue weighted by Crippen LogP contribution is 2.22. The highest BCUT2D eigenvalue weighted by atomic mass is 35.5. The van der Waals surface area contributed by atoms with Crippen molar-refractivity contribution in [2.75, 3.05) is 19.1 Å². The number of benzene rings is 1. The highest BCUT2D eigenvalue weighted by molar-refractivity contribution is 6.18. The van der Waals surface area contributed by atoms with Gasteiger partial charge in [0.25, 0.3) is 6.43 Å². The third kappa shape index (κ3) is 5.43. The number of alkyl halides is 3. The minimum absolute atomic E-state index is 0.0199. The summed E-state index contributed by atoms with van der Waals surface area (Å²) in [6.07, 6.45) is -2.50. The molecule has 0 aliphatic rings. The van der Waals surface area contributed by atoms with E-state index in [4.69, 9.17) is 11.6 Å². The third-order valence-corrected chi connectivity index (χ3v) is 3.35. The van der Waals surface area contributed by atoms with Crippen LogP contribution in [0.3, 0.4) is 0 Å². The Balaban J connectivity index is 2.49. The van der Waals surface area contributed by atoms with Gasteiger partial charge in [0.15, 0.2) is 0 Å². The van der Waals surface area contributed by atoms with Crippen molar-refractivity contribution in [1.82, 2.24) is 5.32 Å². The summed E-state index contributed by atoms with van der Waals surface area (Å²) in [7, 11) is 0. The Morgan fingerprint density at radius 1 is 1.40 bits per heavy atom. The van der Waals surface area contributed by atoms with Crippen molar-refractivity contribution in [3.05, 3.63) is 35.9 Å². The first-order valence-electron chi connectivity index (χ1n) is 6.26. The topological polar surface area (TPSA) is 38.3 Å². The van der Waals surface area contributed by atoms with Gasteiger partial charge in [-0.05, 0) is 12.5 Å². The highest BCUT2D eigenvalue weighted by Gasteiger charge is 2.27. The SMILES string of the molecule is CC(CCl)(NC(=O)CCOCC(F)F)c1ccccc1. The zero-order valence-electron chi connectivity index (χ0n) is 11.2. The molecule has 20 heavy (non-hydrogen) atoms. The Morgan fingerprint density at radius 2 is 2.05 bits per heavy atom. The quantitative estimate of drug-likeness (QED) is 0.592. The van der Waals surface area contributed by atoms with Crippen LogP contribution < -0.4 is 5.32 Å². The zero-order valence-corrected chi connectivity index (χ0v) is 12.0. The zero-order chi connectivity index (χ0) is 15.0. The van der Waals surface area contributed by atoms with Crippen LogP contribution in [0.1, 0.15) is 18.9 Å². The number of halogens is 3. The van der Waals surface area contributed by atoms with Crippen molar-refractivity contribution in [2.24, 2.45) is 0 Å². The summed E-state index contributed by atoms with van der Waals surface area (Å²) in [4.78, 5) is 11.8. The Labute approximate surface area is 122 Å². The second kappa shape index (κ2) is 8.17. The number of hydrogen-bond acceptors (Lipinski definition) is 2. The molecular weight excluding hydrogens is 288 g/mol. The smallest absolute Gasteiger partial charge is 0.261 e. The molecule has 1 rings (SSSR count). The van der Waals surface area contributed by atoms with Crippen molar-refractivity contribution in [1.29, 1.82) is 0 Å². The van der Waals surface area contributed by atoms with Crippen molar-refractivity contribution < 1.29 is 18.3 Å². The van der Waals surface area contributed by atoms with Crippen LogP contribution in [-0.4, -0.2) is 31.4 Å². The van der Waals surface area contributed by atoms with E-state index in [0.29, 0.717) is 0 Å². The van der Waals surface area contributed by atoms with Gasteiger partial charge in [-0.2, -0.15) is 0 Å². The van der Waals surface area contributed by atoms with Gasteiger partial charge in [0.05, 0.1) is 12.1 Å². The van der Waals surface area contributed by atoms with Crippen LogP contribution in [0.5, 0.6) is 0 Å². The average molecular weight is 306 g/mol. The maximum absolute atomic E-state index is 11.9. The largest absolute Gasteiger partial charge is 0.375 e. The van der Waals surface area contributed by atoms with E-state index in [0.717, 1.165) is 5.56 Å². The summed E-state index contributed by atoms with van der Waals surface area (Å²) >= 11 is 5.95. The number of carbonyl (C=O) groups is 1. The average Bonchev–Trinajstić information content (AvgIpc) is 2.44. The van der Waals surface area contributed by atoms with Crippen molar-refractivity contribution in [2.45, 2.75) is 25.3 Å². The Hall–Kier alpha value is -1.20. The minimum atomic E-state index is -2.52. The van der Waals surface area contributed by atoms with Crippen LogP contribution in [0, 0.1) is 0 Å². The van der Waals surface area contributed by atoms with Gasteiger partial charge in [0, 0.05) is 12.3 Å². The van der Waals surface area contributed by atoms with Gasteiger partial charge in [-0.25, -0.2) is 8.78 Å². The summed E-state index contributed by atoms with van der Waals surface area (Å²) in [5.74, 6) is -0.0769. The number of carbonyl (C=O) groups excluding carboxylic acids is 1. The summed E-state index contributed by atoms with van der Waals surface area (Å²) in [6.45, 7) is 1.12. The van der Waals surface area contributed by atoms with Crippen molar-refractivity contribution >= 4 is 17.5 Å². The van der Waals surface area contributed by atoms with Gasteiger partial charge in [-0.3, -0.25) is 4.79 Å². The second-order valence-electron chi connectivity index (χ2n) is 4.60. The fourth-order valence-electron chi connectivity index (χ4n) is 1.70. The van der Waals surface area contributed by atoms with Gasteiger partial charge in [0.1, 0.15) is 6.61 Å². The monoisotopic (exact) mass is 305 g/mol. The molecule has 0 radical (unpaired) electrons. The maximum Gasteiger partial charge on any atom is 0.261 e. The lowest BCUT2D eigenvalue weighted by Gasteiger charge is -2.29. The number of ether oxygens (including phenoxy) is 1. The molecule has 1 atom stereocenters. The van der Waals surface area contributed by atoms with Gasteiger partial charge in [0.2, 0.25) is 5.91 Å². The summed E-state index contributed by atoms with van der Waals surface area (Å²) in [6, 6.07) is 9.33. The van der Waals surface area contributed by atoms with Crippen LogP contribution in [0.4, 0.5) is 8.78 Å². The van der Waals surface area contributed by atoms with Crippen LogP contribution in [0.2, 0.25) is 0 Å². The number of nitrogens with one attached hydrogen (secondary N) is 1. The third-order valence-electron chi connectivity index (χ3n) is 2.81. The molecule has 1 aromatic rings. The van der Waals surface area contributed by atoms with E-state index in [-0.39, 0.29) is 24.8 Å². The molecule has 0 aromatic heterocycles. The van der Waals surface area contributed by atoms with E-state index in [1.165, 1.54) is 0 Å². The van der Waals surface area contributed by atoms with Crippen LogP contribution in [0.15, 0.2) is 30.3 Å². The van der Waals surface area contributed by atoms with E-state index < -0.39 is 18.6 Å². The lowest BCUT2D eigenvalue weighted by Crippen LogP contribution is -2.45. The van der Waals surface area contributed by atoms with Crippen LogP contribution >= 0.6 is 11.6 Å². The fraction of sp³-hybridized carbons (Fsp3) is 0.500. The van der Waals surface area contributed by atoms with E-state index in [1.54, 1.807) is 0 Å². The van der Waals surface area contributed by atoms with Gasteiger partial charge in [-0.1, -0.05) is 30.3 Å². The van der Waals surface area contributed by atoms with Crippen LogP contribution in [0.25, 0.3) is 0 Å². The summed E-state index contributed by atoms with van der Waals surface area (Å²) in [5.41, 5.74) is 0.194. The molecule has 0 saturated carbocycles. The Morgan fingerprint density at radius 3 is 2.60 bits per heavy atom. The molecule has 0 aliphatic carbocycles. The lowest BCUT2D eigenvalue weighted by atomic mass is 9.94. The van der Waals surface area contributed by atoms with Crippen LogP contribution in [-0.2, 0) is 15.1 Å². The molecule has 0 aliphatic heterocycles. The molecule has 0 saturated heterocycles. The molecule has 0 spiro atoms. The second-order valence-corrected chi connectivity index (χ2v) is 4.86. The number of amides is 1. The lowest BCUT2D eigenvalue weighted by molar-refractivity contribution is -0.124. The maximum atomic E-state index is 11.9. The Bertz CT molecular complexity index is 417. The van der Waals surface area contributed by atoms with E-state index >= 15 is 0 Å². The molecule has 112 valence electrons. The fourth-order valence-corrected chi connectivity index (χ4v) is 1.92. The molecule has 6 heteroatoms. The van der Waals surface area contributed by atoms with Crippen molar-refractivity contribution in [3.8, 4) is 0 Å². The molecule has 1 amide bonds. The molecular formula is C14H18ClF2NO2. The normalized spacial score (nSPS) is 14.1. The predicted octanol–water partition coefficient (Wildman–Crippen LogP) is 2.93. The Kier molecular flexibility index (Phi) is 6.88. The first-order chi connectivity index (χ1) is 9.48. The molecule has 0 heterocycles. The number of rotatable bonds is 8. The number of hydrogen-bond donors (Lipinski definition) is 1. The molecule has 1 unspecified atom stereocenters. The molecule has 1 N–H and O–H groups in total. The standard InChI is InChI=1S/C14H18ClF2NO2/c1-14(10-15,11-5-3-2-4-6-11)18-13(19)7-8-20-9-12(16)17/h2-6,12H,7-10H2,1H3,(H,18,19). The van der Waals surface area contributed by atoms with E-state index in [1.807, 2.05) is 37.3 Å². The summed E-state index contributed by atoms with van der Waals surface area (Å²) < 4.78 is 28.4. The van der Waals surface area contributed by atoms with Gasteiger partial charge < -0.3 is 10.1 Å². The predicted molar refractivity (Wildman–Crippen MR) is 74.1 cm³/mol. The first-order valence-corrected chi connectivity index (χ1v) is 6.80. The van der Waals surface area contributed by atoms with Gasteiger partial charge >= 0.3 is 0 Å². The van der Waals surface area contributed by atoms with E-state index in [2.05, 4.69) is 10.1 Å². The molecule has 0 bridgehead atoms. The molecule has 3 nitrogen and oxygen atoms in total. The molecule has 1 aromatic carbocycles. The summed E-state index contributed by atoms with van der Waals surface area (Å²) in [5, 5.41) is 2.81.